The second-order valence-corrected chi connectivity index (χ2v) is 6.63. The van der Waals surface area contributed by atoms with Crippen LogP contribution in [0, 0.1) is 6.92 Å². The van der Waals surface area contributed by atoms with Gasteiger partial charge in [0.15, 0.2) is 5.16 Å². The maximum atomic E-state index is 12.2. The highest BCUT2D eigenvalue weighted by Crippen LogP contribution is 2.20. The first-order valence-corrected chi connectivity index (χ1v) is 9.04. The minimum Gasteiger partial charge on any atom is -0.342 e. The number of rotatable bonds is 7. The Kier molecular flexibility index (Phi) is 6.25. The van der Waals surface area contributed by atoms with Gasteiger partial charge in [0, 0.05) is 20.1 Å². The van der Waals surface area contributed by atoms with Crippen molar-refractivity contribution >= 4 is 34.6 Å². The van der Waals surface area contributed by atoms with E-state index in [0.717, 1.165) is 16.6 Å². The fourth-order valence-electron chi connectivity index (χ4n) is 2.38. The normalized spacial score (nSPS) is 10.8. The molecule has 6 nitrogen and oxygen atoms in total. The Morgan fingerprint density at radius 3 is 2.58 bits per heavy atom. The summed E-state index contributed by atoms with van der Waals surface area (Å²) >= 11 is 1.35. The van der Waals surface area contributed by atoms with Gasteiger partial charge in [-0.15, -0.1) is 0 Å². The van der Waals surface area contributed by atoms with Gasteiger partial charge < -0.3 is 14.8 Å². The molecule has 1 aromatic carbocycles. The van der Waals surface area contributed by atoms with Crippen molar-refractivity contribution < 1.29 is 9.59 Å². The van der Waals surface area contributed by atoms with Crippen LogP contribution in [0.3, 0.4) is 0 Å². The summed E-state index contributed by atoms with van der Waals surface area (Å²) in [5.41, 5.74) is 3.02. The number of benzene rings is 1. The molecular weight excluding hydrogens is 324 g/mol. The van der Waals surface area contributed by atoms with Gasteiger partial charge in [0.2, 0.25) is 11.8 Å². The number of carbonyl (C=O) groups is 2. The Balaban J connectivity index is 1.90. The molecule has 1 N–H and O–H groups in total. The molecule has 0 fully saturated rings. The number of thioether (sulfide) groups is 1. The molecule has 7 heteroatoms. The number of hydrogen-bond acceptors (Lipinski definition) is 4. The SMILES string of the molecule is CCN(CC)C(=O)CN(C)C(=O)CSc1nc2ccc(C)cc2[nH]1. The Bertz CT molecular complexity index is 724. The van der Waals surface area contributed by atoms with Gasteiger partial charge in [0.25, 0.3) is 0 Å². The van der Waals surface area contributed by atoms with Gasteiger partial charge in [-0.25, -0.2) is 4.98 Å². The van der Waals surface area contributed by atoms with E-state index in [1.165, 1.54) is 16.7 Å². The van der Waals surface area contributed by atoms with Gasteiger partial charge >= 0.3 is 0 Å². The van der Waals surface area contributed by atoms with E-state index >= 15 is 0 Å². The molecule has 0 unspecified atom stereocenters. The van der Waals surface area contributed by atoms with E-state index in [9.17, 15) is 9.59 Å². The van der Waals surface area contributed by atoms with E-state index in [4.69, 9.17) is 0 Å². The minimum atomic E-state index is -0.0860. The Labute approximate surface area is 146 Å². The Morgan fingerprint density at radius 2 is 1.92 bits per heavy atom. The van der Waals surface area contributed by atoms with E-state index in [1.807, 2.05) is 39.0 Å². The number of nitrogens with zero attached hydrogens (tertiary/aromatic N) is 3. The van der Waals surface area contributed by atoms with E-state index in [2.05, 4.69) is 9.97 Å². The molecule has 0 aliphatic heterocycles. The fraction of sp³-hybridized carbons (Fsp3) is 0.471. The fourth-order valence-corrected chi connectivity index (χ4v) is 3.20. The molecule has 0 bridgehead atoms. The van der Waals surface area contributed by atoms with Crippen LogP contribution in [-0.2, 0) is 9.59 Å². The molecule has 130 valence electrons. The average molecular weight is 348 g/mol. The number of hydrogen-bond donors (Lipinski definition) is 1. The summed E-state index contributed by atoms with van der Waals surface area (Å²) in [4.78, 5) is 35.1. The zero-order chi connectivity index (χ0) is 17.7. The first-order chi connectivity index (χ1) is 11.4. The van der Waals surface area contributed by atoms with Crippen molar-refractivity contribution in [2.24, 2.45) is 0 Å². The van der Waals surface area contributed by atoms with Crippen LogP contribution in [0.5, 0.6) is 0 Å². The molecule has 0 saturated heterocycles. The average Bonchev–Trinajstić information content (AvgIpc) is 2.95. The summed E-state index contributed by atoms with van der Waals surface area (Å²) < 4.78 is 0. The number of carbonyl (C=O) groups excluding carboxylic acids is 2. The third-order valence-corrected chi connectivity index (χ3v) is 4.72. The second kappa shape index (κ2) is 8.19. The Morgan fingerprint density at radius 1 is 1.21 bits per heavy atom. The lowest BCUT2D eigenvalue weighted by molar-refractivity contribution is -0.137. The molecule has 1 heterocycles. The molecule has 2 rings (SSSR count). The van der Waals surface area contributed by atoms with Crippen LogP contribution in [0.2, 0.25) is 0 Å². The van der Waals surface area contributed by atoms with Crippen molar-refractivity contribution in [1.29, 1.82) is 0 Å². The number of imidazole rings is 1. The standard InChI is InChI=1S/C17H24N4O2S/c1-5-21(6-2)15(22)10-20(4)16(23)11-24-17-18-13-8-7-12(3)9-14(13)19-17/h7-9H,5-6,10-11H2,1-4H3,(H,18,19). The van der Waals surface area contributed by atoms with Gasteiger partial charge in [-0.3, -0.25) is 9.59 Å². The summed E-state index contributed by atoms with van der Waals surface area (Å²) in [6.07, 6.45) is 0. The zero-order valence-corrected chi connectivity index (χ0v) is 15.4. The highest BCUT2D eigenvalue weighted by molar-refractivity contribution is 7.99. The van der Waals surface area contributed by atoms with Crippen LogP contribution in [0.25, 0.3) is 11.0 Å². The van der Waals surface area contributed by atoms with Gasteiger partial charge in [0.1, 0.15) is 0 Å². The molecule has 0 aliphatic rings. The summed E-state index contributed by atoms with van der Waals surface area (Å²) in [6.45, 7) is 7.32. The van der Waals surface area contributed by atoms with E-state index < -0.39 is 0 Å². The second-order valence-electron chi connectivity index (χ2n) is 5.67. The summed E-state index contributed by atoms with van der Waals surface area (Å²) in [6, 6.07) is 6.00. The monoisotopic (exact) mass is 348 g/mol. The molecule has 0 spiro atoms. The molecule has 2 aromatic rings. The molecular formula is C17H24N4O2S. The molecule has 24 heavy (non-hydrogen) atoms. The zero-order valence-electron chi connectivity index (χ0n) is 14.6. The molecule has 0 aliphatic carbocycles. The number of H-pyrrole nitrogens is 1. The van der Waals surface area contributed by atoms with Crippen molar-refractivity contribution in [3.8, 4) is 0 Å². The number of aromatic amines is 1. The van der Waals surface area contributed by atoms with Gasteiger partial charge in [0.05, 0.1) is 23.3 Å². The van der Waals surface area contributed by atoms with E-state index in [1.54, 1.807) is 11.9 Å². The van der Waals surface area contributed by atoms with Crippen molar-refractivity contribution in [3.63, 3.8) is 0 Å². The number of likely N-dealkylation sites (N-methyl/N-ethyl adjacent to an activating group) is 2. The number of aryl methyl sites for hydroxylation is 1. The number of nitrogens with one attached hydrogen (secondary N) is 1. The van der Waals surface area contributed by atoms with Crippen LogP contribution in [0.4, 0.5) is 0 Å². The summed E-state index contributed by atoms with van der Waals surface area (Å²) in [5, 5.41) is 0.715. The quantitative estimate of drug-likeness (QED) is 0.780. The lowest BCUT2D eigenvalue weighted by Gasteiger charge is -2.23. The van der Waals surface area contributed by atoms with Crippen LogP contribution >= 0.6 is 11.8 Å². The maximum absolute atomic E-state index is 12.2. The molecule has 2 amide bonds. The predicted molar refractivity (Wildman–Crippen MR) is 97.1 cm³/mol. The molecule has 0 radical (unpaired) electrons. The third kappa shape index (κ3) is 4.50. The minimum absolute atomic E-state index is 0.0277. The largest absolute Gasteiger partial charge is 0.342 e. The summed E-state index contributed by atoms with van der Waals surface area (Å²) in [7, 11) is 1.66. The van der Waals surface area contributed by atoms with Crippen molar-refractivity contribution in [3.05, 3.63) is 23.8 Å². The van der Waals surface area contributed by atoms with Crippen LogP contribution in [0.15, 0.2) is 23.4 Å². The van der Waals surface area contributed by atoms with Crippen molar-refractivity contribution in [1.82, 2.24) is 19.8 Å². The number of fused-ring (bicyclic) bond motifs is 1. The highest BCUT2D eigenvalue weighted by atomic mass is 32.2. The number of amides is 2. The van der Waals surface area contributed by atoms with Gasteiger partial charge in [-0.05, 0) is 38.5 Å². The van der Waals surface area contributed by atoms with E-state index in [0.29, 0.717) is 18.2 Å². The smallest absolute Gasteiger partial charge is 0.242 e. The van der Waals surface area contributed by atoms with Crippen LogP contribution in [-0.4, -0.2) is 64.0 Å². The van der Waals surface area contributed by atoms with Crippen molar-refractivity contribution in [2.45, 2.75) is 25.9 Å². The van der Waals surface area contributed by atoms with Gasteiger partial charge in [-0.1, -0.05) is 17.8 Å². The topological polar surface area (TPSA) is 69.3 Å². The first-order valence-electron chi connectivity index (χ1n) is 8.05. The maximum Gasteiger partial charge on any atom is 0.242 e. The molecule has 0 atom stereocenters. The summed E-state index contributed by atoms with van der Waals surface area (Å²) in [5.74, 6) is 0.137. The van der Waals surface area contributed by atoms with Crippen LogP contribution < -0.4 is 0 Å². The lowest BCUT2D eigenvalue weighted by Crippen LogP contribution is -2.41. The Hall–Kier alpha value is -2.02. The van der Waals surface area contributed by atoms with Gasteiger partial charge in [-0.2, -0.15) is 0 Å². The lowest BCUT2D eigenvalue weighted by atomic mass is 10.2. The molecule has 0 saturated carbocycles. The predicted octanol–water partition coefficient (Wildman–Crippen LogP) is 2.29. The van der Waals surface area contributed by atoms with Crippen molar-refractivity contribution in [2.75, 3.05) is 32.4 Å². The van der Waals surface area contributed by atoms with E-state index in [-0.39, 0.29) is 24.1 Å². The first kappa shape index (κ1) is 18.3. The van der Waals surface area contributed by atoms with Crippen LogP contribution in [0.1, 0.15) is 19.4 Å². The highest BCUT2D eigenvalue weighted by Gasteiger charge is 2.17. The molecule has 1 aromatic heterocycles. The number of aromatic nitrogens is 2. The third-order valence-electron chi connectivity index (χ3n) is 3.86.